The van der Waals surface area contributed by atoms with Gasteiger partial charge in [0.2, 0.25) is 0 Å². The topological polar surface area (TPSA) is 109 Å². The van der Waals surface area contributed by atoms with Crippen LogP contribution in [0, 0.1) is 11.3 Å². The first-order chi connectivity index (χ1) is 15.5. The van der Waals surface area contributed by atoms with Crippen LogP contribution in [0.4, 0.5) is 5.69 Å². The molecule has 0 unspecified atom stereocenters. The first-order valence-corrected chi connectivity index (χ1v) is 11.5. The van der Waals surface area contributed by atoms with Crippen molar-refractivity contribution in [2.75, 3.05) is 33.3 Å². The molecule has 1 aliphatic rings. The highest BCUT2D eigenvalue weighted by Crippen LogP contribution is 2.32. The molecule has 2 amide bonds. The molecule has 2 N–H and O–H groups in total. The molecule has 1 aromatic carbocycles. The molecule has 1 aliphatic heterocycles. The summed E-state index contributed by atoms with van der Waals surface area (Å²) in [4.78, 5) is 34.4. The highest BCUT2D eigenvalue weighted by molar-refractivity contribution is 7.13. The van der Waals surface area contributed by atoms with Gasteiger partial charge in [-0.2, -0.15) is 5.26 Å². The van der Waals surface area contributed by atoms with Crippen LogP contribution in [0.3, 0.4) is 0 Å². The largest absolute Gasteiger partial charge is 0.395 e. The Morgan fingerprint density at radius 1 is 1.31 bits per heavy atom. The van der Waals surface area contributed by atoms with Crippen LogP contribution in [0.1, 0.15) is 50.4 Å². The summed E-state index contributed by atoms with van der Waals surface area (Å²) >= 11 is 1.17. The number of rotatable bonds is 8. The lowest BCUT2D eigenvalue weighted by atomic mass is 10.1. The van der Waals surface area contributed by atoms with Crippen LogP contribution in [-0.2, 0) is 6.54 Å². The molecule has 2 aromatic rings. The van der Waals surface area contributed by atoms with Crippen molar-refractivity contribution in [2.45, 2.75) is 25.8 Å². The van der Waals surface area contributed by atoms with E-state index < -0.39 is 0 Å². The predicted octanol–water partition coefficient (Wildman–Crippen LogP) is 2.76. The number of benzene rings is 1. The van der Waals surface area contributed by atoms with E-state index in [0.717, 1.165) is 31.5 Å². The lowest BCUT2D eigenvalue weighted by Gasteiger charge is -2.24. The molecule has 9 heteroatoms. The molecule has 0 saturated carbocycles. The van der Waals surface area contributed by atoms with Gasteiger partial charge in [0.25, 0.3) is 11.8 Å². The molecule has 0 atom stereocenters. The zero-order chi connectivity index (χ0) is 22.9. The number of aliphatic imine (C=N–C) groups is 1. The van der Waals surface area contributed by atoms with E-state index in [4.69, 9.17) is 5.11 Å². The number of hydrogen-bond donors (Lipinski definition) is 2. The predicted molar refractivity (Wildman–Crippen MR) is 124 cm³/mol. The number of carbonyl (C=O) groups excluding carboxylic acids is 2. The van der Waals surface area contributed by atoms with Crippen molar-refractivity contribution >= 4 is 35.2 Å². The summed E-state index contributed by atoms with van der Waals surface area (Å²) in [6.07, 6.45) is 5.08. The maximum atomic E-state index is 13.3. The van der Waals surface area contributed by atoms with E-state index in [1.807, 2.05) is 12.1 Å². The summed E-state index contributed by atoms with van der Waals surface area (Å²) < 4.78 is 0. The first kappa shape index (κ1) is 23.4. The van der Waals surface area contributed by atoms with E-state index in [0.29, 0.717) is 21.7 Å². The average Bonchev–Trinajstić information content (AvgIpc) is 3.25. The molecule has 32 heavy (non-hydrogen) atoms. The van der Waals surface area contributed by atoms with Crippen LogP contribution in [0.2, 0.25) is 0 Å². The lowest BCUT2D eigenvalue weighted by molar-refractivity contribution is 0.0790. The minimum Gasteiger partial charge on any atom is -0.395 e. The molecule has 1 saturated heterocycles. The monoisotopic (exact) mass is 453 g/mol. The molecule has 1 fully saturated rings. The van der Waals surface area contributed by atoms with E-state index >= 15 is 0 Å². The number of nitrogens with one attached hydrogen (secondary N) is 1. The Bertz CT molecular complexity index is 1020. The number of nitriles is 1. The third-order valence-corrected chi connectivity index (χ3v) is 6.19. The zero-order valence-electron chi connectivity index (χ0n) is 18.1. The molecule has 0 radical (unpaired) electrons. The van der Waals surface area contributed by atoms with Gasteiger partial charge in [-0.25, -0.2) is 4.99 Å². The summed E-state index contributed by atoms with van der Waals surface area (Å²) in [6.45, 7) is 2.01. The van der Waals surface area contributed by atoms with Gasteiger partial charge in [0, 0.05) is 38.6 Å². The van der Waals surface area contributed by atoms with Gasteiger partial charge < -0.3 is 20.2 Å². The zero-order valence-corrected chi connectivity index (χ0v) is 18.9. The van der Waals surface area contributed by atoms with Crippen molar-refractivity contribution in [2.24, 2.45) is 4.99 Å². The summed E-state index contributed by atoms with van der Waals surface area (Å²) in [7, 11) is 1.67. The highest BCUT2D eigenvalue weighted by atomic mass is 32.1. The highest BCUT2D eigenvalue weighted by Gasteiger charge is 2.24. The maximum absolute atomic E-state index is 13.3. The molecule has 0 aliphatic carbocycles. The standard InChI is InChI=1S/C23H27N5O3S/c1-27(14-18-8-4-3-7-17(18)13-24)23(31)21-20(26-16-28-10-5-2-6-11-28)19(15-32-21)22(30)25-9-12-29/h3-4,7-8,15-16,29H,2,5-6,9-12,14H2,1H3,(H,25,30). The summed E-state index contributed by atoms with van der Waals surface area (Å²) in [6, 6.07) is 9.30. The van der Waals surface area contributed by atoms with Crippen LogP contribution < -0.4 is 5.32 Å². The van der Waals surface area contributed by atoms with Gasteiger partial charge >= 0.3 is 0 Å². The second-order valence-corrected chi connectivity index (χ2v) is 8.46. The molecule has 8 nitrogen and oxygen atoms in total. The number of likely N-dealkylation sites (tertiary alicyclic amines) is 1. The number of aliphatic hydroxyl groups is 1. The Labute approximate surface area is 191 Å². The van der Waals surface area contributed by atoms with Crippen LogP contribution in [0.25, 0.3) is 0 Å². The van der Waals surface area contributed by atoms with Crippen molar-refractivity contribution in [3.05, 3.63) is 51.2 Å². The number of piperidine rings is 1. The summed E-state index contributed by atoms with van der Waals surface area (Å²) in [5, 5.41) is 22.6. The normalized spacial score (nSPS) is 13.7. The Hall–Kier alpha value is -3.22. The van der Waals surface area contributed by atoms with E-state index in [2.05, 4.69) is 21.3 Å². The van der Waals surface area contributed by atoms with Crippen molar-refractivity contribution < 1.29 is 14.7 Å². The number of hydrogen-bond acceptors (Lipinski definition) is 6. The molecular formula is C23H27N5O3S. The van der Waals surface area contributed by atoms with Crippen LogP contribution in [-0.4, -0.2) is 66.3 Å². The van der Waals surface area contributed by atoms with Crippen LogP contribution in [0.5, 0.6) is 0 Å². The van der Waals surface area contributed by atoms with Crippen molar-refractivity contribution in [1.29, 1.82) is 5.26 Å². The third kappa shape index (κ3) is 5.72. The van der Waals surface area contributed by atoms with Crippen molar-refractivity contribution in [3.8, 4) is 6.07 Å². The van der Waals surface area contributed by atoms with Gasteiger partial charge in [-0.05, 0) is 30.9 Å². The molecule has 3 rings (SSSR count). The number of thiophene rings is 1. The molecule has 1 aromatic heterocycles. The fourth-order valence-electron chi connectivity index (χ4n) is 3.50. The van der Waals surface area contributed by atoms with E-state index in [1.165, 1.54) is 22.7 Å². The van der Waals surface area contributed by atoms with Gasteiger partial charge in [-0.1, -0.05) is 18.2 Å². The van der Waals surface area contributed by atoms with Gasteiger partial charge in [0.15, 0.2) is 0 Å². The van der Waals surface area contributed by atoms with Gasteiger partial charge in [-0.3, -0.25) is 9.59 Å². The smallest absolute Gasteiger partial charge is 0.266 e. The van der Waals surface area contributed by atoms with E-state index in [-0.39, 0.29) is 31.5 Å². The number of carbonyl (C=O) groups is 2. The minimum absolute atomic E-state index is 0.123. The van der Waals surface area contributed by atoms with Gasteiger partial charge in [-0.15, -0.1) is 11.3 Å². The third-order valence-electron chi connectivity index (χ3n) is 5.23. The number of nitrogens with zero attached hydrogens (tertiary/aromatic N) is 4. The van der Waals surface area contributed by atoms with Crippen molar-refractivity contribution in [3.63, 3.8) is 0 Å². The van der Waals surface area contributed by atoms with E-state index in [9.17, 15) is 14.9 Å². The molecule has 168 valence electrons. The second kappa shape index (κ2) is 11.4. The van der Waals surface area contributed by atoms with Crippen LogP contribution in [0.15, 0.2) is 34.6 Å². The van der Waals surface area contributed by atoms with Gasteiger partial charge in [0.1, 0.15) is 10.6 Å². The molecular weight excluding hydrogens is 426 g/mol. The Balaban J connectivity index is 1.87. The number of amides is 2. The van der Waals surface area contributed by atoms with Crippen LogP contribution >= 0.6 is 11.3 Å². The van der Waals surface area contributed by atoms with Gasteiger partial charge in [0.05, 0.1) is 30.1 Å². The van der Waals surface area contributed by atoms with Crippen molar-refractivity contribution in [1.82, 2.24) is 15.1 Å². The molecule has 2 heterocycles. The fraction of sp³-hybridized carbons (Fsp3) is 0.391. The molecule has 0 bridgehead atoms. The first-order valence-electron chi connectivity index (χ1n) is 10.6. The Morgan fingerprint density at radius 3 is 2.78 bits per heavy atom. The summed E-state index contributed by atoms with van der Waals surface area (Å²) in [5.41, 5.74) is 1.92. The lowest BCUT2D eigenvalue weighted by Crippen LogP contribution is -2.29. The Kier molecular flexibility index (Phi) is 8.36. The minimum atomic E-state index is -0.377. The maximum Gasteiger partial charge on any atom is 0.266 e. The Morgan fingerprint density at radius 2 is 2.06 bits per heavy atom. The molecule has 0 spiro atoms. The average molecular weight is 454 g/mol. The van der Waals surface area contributed by atoms with E-state index in [1.54, 1.807) is 30.9 Å². The SMILES string of the molecule is CN(Cc1ccccc1C#N)C(=O)c1scc(C(=O)NCCO)c1N=CN1CCCCC1. The number of aliphatic hydroxyl groups excluding tert-OH is 1. The summed E-state index contributed by atoms with van der Waals surface area (Å²) in [5.74, 6) is -0.646. The fourth-order valence-corrected chi connectivity index (χ4v) is 4.48. The second-order valence-electron chi connectivity index (χ2n) is 7.58. The quantitative estimate of drug-likeness (QED) is 0.472.